The Kier molecular flexibility index (Phi) is 17.6. The van der Waals surface area contributed by atoms with Gasteiger partial charge in [0.15, 0.2) is 0 Å². The number of aryl methyl sites for hydroxylation is 10. The highest BCUT2D eigenvalue weighted by molar-refractivity contribution is 9.09. The number of ether oxygens (including phenoxy) is 2. The Morgan fingerprint density at radius 2 is 0.785 bits per heavy atom. The number of pyridine rings is 2. The van der Waals surface area contributed by atoms with Crippen LogP contribution in [0.4, 0.5) is 0 Å². The van der Waals surface area contributed by atoms with Crippen LogP contribution in [-0.4, -0.2) is 46.8 Å². The highest BCUT2D eigenvalue weighted by Crippen LogP contribution is 2.37. The van der Waals surface area contributed by atoms with Gasteiger partial charge < -0.3 is 27.7 Å². The minimum atomic E-state index is 0.190. The summed E-state index contributed by atoms with van der Waals surface area (Å²) in [6, 6.07) is 65.0. The molecule has 0 saturated heterocycles. The van der Waals surface area contributed by atoms with Crippen molar-refractivity contribution in [3.05, 3.63) is 272 Å². The van der Waals surface area contributed by atoms with Crippen LogP contribution in [0.5, 0.6) is 0 Å². The molecule has 2 aliphatic rings. The van der Waals surface area contributed by atoms with Gasteiger partial charge in [-0.1, -0.05) is 125 Å². The monoisotopic (exact) mass is 1110 g/mol. The van der Waals surface area contributed by atoms with Crippen LogP contribution < -0.4 is 0 Å². The first-order valence-electron chi connectivity index (χ1n) is 28.1. The quantitative estimate of drug-likeness (QED) is 0.0960. The van der Waals surface area contributed by atoms with Gasteiger partial charge >= 0.3 is 0 Å². The summed E-state index contributed by atoms with van der Waals surface area (Å²) in [4.78, 5) is 10.2. The lowest BCUT2D eigenvalue weighted by atomic mass is 9.89. The summed E-state index contributed by atoms with van der Waals surface area (Å²) in [5.41, 5.74) is 20.3. The van der Waals surface area contributed by atoms with Crippen LogP contribution in [0, 0.1) is 55.4 Å². The average Bonchev–Trinajstić information content (AvgIpc) is 4.39. The van der Waals surface area contributed by atoms with Gasteiger partial charge in [-0.25, -0.2) is 9.97 Å². The lowest BCUT2D eigenvalue weighted by Gasteiger charge is -2.23. The molecule has 10 aromatic rings. The van der Waals surface area contributed by atoms with E-state index in [0.717, 1.165) is 67.3 Å². The van der Waals surface area contributed by atoms with E-state index in [4.69, 9.17) is 19.4 Å². The molecule has 0 bridgehead atoms. The minimum absolute atomic E-state index is 0.190. The first kappa shape index (κ1) is 55.0. The predicted molar refractivity (Wildman–Crippen MR) is 327 cm³/mol. The predicted octanol–water partition coefficient (Wildman–Crippen LogP) is 16.7. The topological polar surface area (TPSA) is 64.0 Å². The number of halogens is 1. The van der Waals surface area contributed by atoms with E-state index in [9.17, 15) is 0 Å². The molecule has 3 atom stereocenters. The summed E-state index contributed by atoms with van der Waals surface area (Å²) in [6.07, 6.45) is 6.81. The third-order valence-electron chi connectivity index (χ3n) is 15.8. The van der Waals surface area contributed by atoms with Crippen LogP contribution in [0.1, 0.15) is 127 Å². The maximum Gasteiger partial charge on any atom is 0.139 e. The number of hydrogen-bond acceptors (Lipinski definition) is 4. The second-order valence-electron chi connectivity index (χ2n) is 21.4. The summed E-state index contributed by atoms with van der Waals surface area (Å²) in [5, 5.41) is 0.922. The van der Waals surface area contributed by atoms with Gasteiger partial charge in [0.05, 0.1) is 18.8 Å². The Balaban J connectivity index is 0.000000151. The molecule has 0 spiro atoms. The summed E-state index contributed by atoms with van der Waals surface area (Å²) in [5.74, 6) is 4.07. The standard InChI is InChI=1S/C35H37N3O.C24H25N3.C11H13BrO/c1-24-14-15-25(2)37(24)34-22-30(23-35(36-34)38-26(3)16-17-27(38)4)31(28-10-6-5-7-11-28)20-21-39-33-19-18-29-12-8-9-13-32(29)33;1-17-10-11-18(2)26(17)23-15-22(14-21-8-6-5-7-9-21)16-24(25-23)27-19(3)12-13-20(27)4;12-7-8-13-11-6-5-9-3-1-2-4-10(9)11/h5-17,22-23,31,33H,18-21H2,1-4H3;5-13,15-16H,14H2,1-4H3;1-4,11H,5-8H2. The molecule has 9 heteroatoms. The number of hydrogen-bond donors (Lipinski definition) is 0. The lowest BCUT2D eigenvalue weighted by molar-refractivity contribution is 0.0506. The summed E-state index contributed by atoms with van der Waals surface area (Å²) in [6.45, 7) is 18.6. The maximum absolute atomic E-state index is 6.56. The molecule has 12 rings (SSSR count). The molecule has 0 radical (unpaired) electrons. The van der Waals surface area contributed by atoms with E-state index in [2.05, 4.69) is 272 Å². The Labute approximate surface area is 476 Å². The summed E-state index contributed by atoms with van der Waals surface area (Å²) >= 11 is 3.37. The molecular formula is C70H75BrN6O2. The number of alkyl halides is 1. The lowest BCUT2D eigenvalue weighted by Crippen LogP contribution is -2.13. The van der Waals surface area contributed by atoms with Crippen LogP contribution in [0.3, 0.4) is 0 Å². The minimum Gasteiger partial charge on any atom is -0.373 e. The smallest absolute Gasteiger partial charge is 0.139 e. The number of nitrogens with zero attached hydrogens (tertiary/aromatic N) is 6. The van der Waals surface area contributed by atoms with E-state index in [1.54, 1.807) is 0 Å². The van der Waals surface area contributed by atoms with Gasteiger partial charge in [-0.15, -0.1) is 0 Å². The third kappa shape index (κ3) is 12.6. The molecule has 0 aliphatic heterocycles. The molecular weight excluding hydrogens is 1040 g/mol. The number of aromatic nitrogens is 6. The number of fused-ring (bicyclic) bond motifs is 2. The largest absolute Gasteiger partial charge is 0.373 e. The van der Waals surface area contributed by atoms with E-state index in [1.807, 2.05) is 0 Å². The first-order valence-corrected chi connectivity index (χ1v) is 29.2. The number of rotatable bonds is 15. The van der Waals surface area contributed by atoms with Gasteiger partial charge in [-0.05, 0) is 211 Å². The second kappa shape index (κ2) is 25.2. The molecule has 6 aromatic heterocycles. The Morgan fingerprint density at radius 1 is 0.418 bits per heavy atom. The highest BCUT2D eigenvalue weighted by atomic mass is 79.9. The van der Waals surface area contributed by atoms with Gasteiger partial charge in [-0.2, -0.15) is 0 Å². The molecule has 0 fully saturated rings. The van der Waals surface area contributed by atoms with Crippen LogP contribution in [-0.2, 0) is 28.7 Å². The Hall–Kier alpha value is -7.30. The third-order valence-corrected chi connectivity index (χ3v) is 16.1. The Bertz CT molecular complexity index is 3430. The molecule has 8 nitrogen and oxygen atoms in total. The Morgan fingerprint density at radius 3 is 1.20 bits per heavy atom. The number of benzene rings is 4. The van der Waals surface area contributed by atoms with Crippen molar-refractivity contribution in [1.82, 2.24) is 28.2 Å². The zero-order valence-corrected chi connectivity index (χ0v) is 48.9. The van der Waals surface area contributed by atoms with Crippen LogP contribution in [0.15, 0.2) is 182 Å². The molecule has 404 valence electrons. The van der Waals surface area contributed by atoms with E-state index >= 15 is 0 Å². The van der Waals surface area contributed by atoms with Crippen molar-refractivity contribution >= 4 is 15.9 Å². The molecule has 79 heavy (non-hydrogen) atoms. The fourth-order valence-electron chi connectivity index (χ4n) is 11.9. The van der Waals surface area contributed by atoms with Crippen LogP contribution in [0.25, 0.3) is 23.3 Å². The van der Waals surface area contributed by atoms with Gasteiger partial charge in [0.25, 0.3) is 0 Å². The first-order chi connectivity index (χ1) is 38.4. The van der Waals surface area contributed by atoms with E-state index in [0.29, 0.717) is 12.7 Å². The molecule has 0 saturated carbocycles. The molecule has 0 N–H and O–H groups in total. The van der Waals surface area contributed by atoms with E-state index in [1.165, 1.54) is 96.5 Å². The molecule has 6 heterocycles. The maximum atomic E-state index is 6.56. The summed E-state index contributed by atoms with van der Waals surface area (Å²) in [7, 11) is 0. The van der Waals surface area contributed by atoms with Crippen molar-refractivity contribution in [2.75, 3.05) is 18.5 Å². The zero-order chi connectivity index (χ0) is 55.0. The van der Waals surface area contributed by atoms with Gasteiger partial charge in [0.1, 0.15) is 23.3 Å². The van der Waals surface area contributed by atoms with Crippen molar-refractivity contribution in [1.29, 1.82) is 0 Å². The highest BCUT2D eigenvalue weighted by Gasteiger charge is 2.25. The van der Waals surface area contributed by atoms with Gasteiger partial charge in [0.2, 0.25) is 0 Å². The van der Waals surface area contributed by atoms with Crippen molar-refractivity contribution < 1.29 is 9.47 Å². The average molecular weight is 1110 g/mol. The van der Waals surface area contributed by atoms with Crippen molar-refractivity contribution in [3.8, 4) is 23.3 Å². The summed E-state index contributed by atoms with van der Waals surface area (Å²) < 4.78 is 21.3. The van der Waals surface area contributed by atoms with Crippen molar-refractivity contribution in [2.24, 2.45) is 0 Å². The SMILES string of the molecule is BrCCOC1CCc2ccccc21.Cc1ccc(C)n1-c1cc(C(CCOC2CCc3ccccc32)c2ccccc2)cc(-n2c(C)ccc2C)n1.Cc1ccc(C)n1-c1cc(Cc2ccccc2)cc(-n2c(C)ccc2C)n1. The zero-order valence-electron chi connectivity index (χ0n) is 47.3. The molecule has 2 aliphatic carbocycles. The second-order valence-corrected chi connectivity index (χ2v) is 22.2. The van der Waals surface area contributed by atoms with Gasteiger partial charge in [0, 0.05) is 63.4 Å². The van der Waals surface area contributed by atoms with Crippen molar-refractivity contribution in [3.63, 3.8) is 0 Å². The van der Waals surface area contributed by atoms with Crippen LogP contribution >= 0.6 is 15.9 Å². The fraction of sp³-hybridized carbons (Fsp3) is 0.286. The van der Waals surface area contributed by atoms with E-state index < -0.39 is 0 Å². The molecule has 4 aromatic carbocycles. The van der Waals surface area contributed by atoms with E-state index in [-0.39, 0.29) is 12.0 Å². The normalized spacial score (nSPS) is 14.7. The van der Waals surface area contributed by atoms with Crippen LogP contribution in [0.2, 0.25) is 0 Å². The molecule has 3 unspecified atom stereocenters. The fourth-order valence-corrected chi connectivity index (χ4v) is 12.1. The van der Waals surface area contributed by atoms with Crippen molar-refractivity contribution in [2.45, 2.75) is 112 Å². The van der Waals surface area contributed by atoms with Gasteiger partial charge in [-0.3, -0.25) is 0 Å². The molecule has 0 amide bonds.